The van der Waals surface area contributed by atoms with E-state index in [9.17, 15) is 0 Å². The van der Waals surface area contributed by atoms with E-state index in [1.807, 2.05) is 13.8 Å². The third kappa shape index (κ3) is 2.38. The lowest BCUT2D eigenvalue weighted by Crippen LogP contribution is -2.13. The maximum absolute atomic E-state index is 5.66. The lowest BCUT2D eigenvalue weighted by molar-refractivity contribution is 0.242. The fourth-order valence-electron chi connectivity index (χ4n) is 2.27. The average molecular weight is 219 g/mol. The van der Waals surface area contributed by atoms with E-state index in [-0.39, 0.29) is 6.10 Å². The van der Waals surface area contributed by atoms with Crippen molar-refractivity contribution in [3.05, 3.63) is 29.8 Å². The van der Waals surface area contributed by atoms with Crippen molar-refractivity contribution in [2.75, 3.05) is 6.54 Å². The zero-order chi connectivity index (χ0) is 11.6. The van der Waals surface area contributed by atoms with Crippen LogP contribution in [0.2, 0.25) is 0 Å². The van der Waals surface area contributed by atoms with E-state index in [0.717, 1.165) is 18.7 Å². The standard InChI is InChI=1S/C14H21NO/c1-11(2)16-13-5-3-12(4-6-13)14(7-8-14)9-10-15/h3-6,11H,7-10,15H2,1-2H3. The van der Waals surface area contributed by atoms with Crippen LogP contribution >= 0.6 is 0 Å². The normalized spacial score (nSPS) is 17.5. The number of rotatable bonds is 5. The fraction of sp³-hybridized carbons (Fsp3) is 0.571. The molecule has 0 unspecified atom stereocenters. The number of ether oxygens (including phenoxy) is 1. The summed E-state index contributed by atoms with van der Waals surface area (Å²) in [5.74, 6) is 0.960. The van der Waals surface area contributed by atoms with Crippen molar-refractivity contribution in [1.29, 1.82) is 0 Å². The molecule has 1 saturated carbocycles. The Hall–Kier alpha value is -1.02. The summed E-state index contributed by atoms with van der Waals surface area (Å²) in [7, 11) is 0. The third-order valence-corrected chi connectivity index (χ3v) is 3.31. The highest BCUT2D eigenvalue weighted by atomic mass is 16.5. The Morgan fingerprint density at radius 3 is 2.31 bits per heavy atom. The van der Waals surface area contributed by atoms with Crippen LogP contribution in [0.3, 0.4) is 0 Å². The Kier molecular flexibility index (Phi) is 3.20. The predicted molar refractivity (Wildman–Crippen MR) is 66.8 cm³/mol. The van der Waals surface area contributed by atoms with Crippen molar-refractivity contribution >= 4 is 0 Å². The van der Waals surface area contributed by atoms with E-state index in [1.165, 1.54) is 18.4 Å². The molecule has 2 heteroatoms. The van der Waals surface area contributed by atoms with Crippen molar-refractivity contribution in [2.45, 2.75) is 44.6 Å². The van der Waals surface area contributed by atoms with E-state index < -0.39 is 0 Å². The lowest BCUT2D eigenvalue weighted by Gasteiger charge is -2.16. The molecule has 0 amide bonds. The minimum absolute atomic E-state index is 0.241. The summed E-state index contributed by atoms with van der Waals surface area (Å²) >= 11 is 0. The molecule has 2 nitrogen and oxygen atoms in total. The van der Waals surface area contributed by atoms with E-state index >= 15 is 0 Å². The highest BCUT2D eigenvalue weighted by molar-refractivity contribution is 5.36. The van der Waals surface area contributed by atoms with Crippen molar-refractivity contribution in [3.63, 3.8) is 0 Å². The lowest BCUT2D eigenvalue weighted by atomic mass is 9.92. The Bertz CT molecular complexity index is 338. The molecular formula is C14H21NO. The molecule has 1 aliphatic rings. The molecule has 1 fully saturated rings. The summed E-state index contributed by atoms with van der Waals surface area (Å²) in [6.45, 7) is 4.87. The van der Waals surface area contributed by atoms with Crippen molar-refractivity contribution in [2.24, 2.45) is 5.73 Å². The second-order valence-corrected chi connectivity index (χ2v) is 5.01. The number of nitrogens with two attached hydrogens (primary N) is 1. The summed E-state index contributed by atoms with van der Waals surface area (Å²) in [4.78, 5) is 0. The van der Waals surface area contributed by atoms with Gasteiger partial charge in [-0.1, -0.05) is 12.1 Å². The maximum atomic E-state index is 5.66. The first-order chi connectivity index (χ1) is 7.66. The van der Waals surface area contributed by atoms with Crippen LogP contribution in [0, 0.1) is 0 Å². The van der Waals surface area contributed by atoms with Crippen LogP contribution in [-0.4, -0.2) is 12.6 Å². The zero-order valence-corrected chi connectivity index (χ0v) is 10.2. The molecule has 2 N–H and O–H groups in total. The Balaban J connectivity index is 2.07. The number of hydrogen-bond donors (Lipinski definition) is 1. The van der Waals surface area contributed by atoms with E-state index in [4.69, 9.17) is 10.5 Å². The number of benzene rings is 1. The topological polar surface area (TPSA) is 35.2 Å². The van der Waals surface area contributed by atoms with Gasteiger partial charge in [0.15, 0.2) is 0 Å². The van der Waals surface area contributed by atoms with Gasteiger partial charge >= 0.3 is 0 Å². The molecule has 0 aliphatic heterocycles. The molecule has 88 valence electrons. The van der Waals surface area contributed by atoms with Gasteiger partial charge in [-0.05, 0) is 62.8 Å². The van der Waals surface area contributed by atoms with Gasteiger partial charge in [-0.2, -0.15) is 0 Å². The first kappa shape index (κ1) is 11.5. The van der Waals surface area contributed by atoms with Crippen LogP contribution in [0.1, 0.15) is 38.7 Å². The van der Waals surface area contributed by atoms with Gasteiger partial charge in [0.05, 0.1) is 6.10 Å². The van der Waals surface area contributed by atoms with Crippen LogP contribution in [0.4, 0.5) is 0 Å². The molecule has 1 aromatic carbocycles. The minimum atomic E-state index is 0.241. The smallest absolute Gasteiger partial charge is 0.119 e. The van der Waals surface area contributed by atoms with Gasteiger partial charge in [0.25, 0.3) is 0 Å². The molecule has 1 aromatic rings. The van der Waals surface area contributed by atoms with Gasteiger partial charge < -0.3 is 10.5 Å². The third-order valence-electron chi connectivity index (χ3n) is 3.31. The zero-order valence-electron chi connectivity index (χ0n) is 10.2. The van der Waals surface area contributed by atoms with Crippen molar-refractivity contribution < 1.29 is 4.74 Å². The highest BCUT2D eigenvalue weighted by Crippen LogP contribution is 2.50. The summed E-state index contributed by atoms with van der Waals surface area (Å²) in [6.07, 6.45) is 3.92. The Morgan fingerprint density at radius 1 is 1.25 bits per heavy atom. The minimum Gasteiger partial charge on any atom is -0.491 e. The molecular weight excluding hydrogens is 198 g/mol. The molecule has 16 heavy (non-hydrogen) atoms. The first-order valence-corrected chi connectivity index (χ1v) is 6.13. The average Bonchev–Trinajstić information content (AvgIpc) is 2.99. The quantitative estimate of drug-likeness (QED) is 0.826. The summed E-state index contributed by atoms with van der Waals surface area (Å²) in [5.41, 5.74) is 7.48. The number of hydrogen-bond acceptors (Lipinski definition) is 2. The first-order valence-electron chi connectivity index (χ1n) is 6.13. The predicted octanol–water partition coefficient (Wildman–Crippen LogP) is 2.85. The van der Waals surface area contributed by atoms with E-state index in [2.05, 4.69) is 24.3 Å². The Morgan fingerprint density at radius 2 is 1.88 bits per heavy atom. The van der Waals surface area contributed by atoms with Gasteiger partial charge in [0.2, 0.25) is 0 Å². The van der Waals surface area contributed by atoms with E-state index in [1.54, 1.807) is 0 Å². The molecule has 2 rings (SSSR count). The van der Waals surface area contributed by atoms with Crippen LogP contribution in [0.25, 0.3) is 0 Å². The van der Waals surface area contributed by atoms with Gasteiger partial charge in [0, 0.05) is 0 Å². The summed E-state index contributed by atoms with van der Waals surface area (Å²) in [5, 5.41) is 0. The van der Waals surface area contributed by atoms with Gasteiger partial charge in [-0.25, -0.2) is 0 Å². The summed E-state index contributed by atoms with van der Waals surface area (Å²) < 4.78 is 5.64. The van der Waals surface area contributed by atoms with Crippen molar-refractivity contribution in [1.82, 2.24) is 0 Å². The molecule has 0 heterocycles. The van der Waals surface area contributed by atoms with Crippen molar-refractivity contribution in [3.8, 4) is 5.75 Å². The SMILES string of the molecule is CC(C)Oc1ccc(C2(CCN)CC2)cc1. The highest BCUT2D eigenvalue weighted by Gasteiger charge is 2.42. The molecule has 0 bridgehead atoms. The maximum Gasteiger partial charge on any atom is 0.119 e. The molecule has 0 radical (unpaired) electrons. The van der Waals surface area contributed by atoms with Crippen LogP contribution in [0.5, 0.6) is 5.75 Å². The summed E-state index contributed by atoms with van der Waals surface area (Å²) in [6, 6.07) is 8.54. The molecule has 0 aromatic heterocycles. The van der Waals surface area contributed by atoms with Crippen LogP contribution in [-0.2, 0) is 5.41 Å². The molecule has 0 atom stereocenters. The van der Waals surface area contributed by atoms with Gasteiger partial charge in [-0.15, -0.1) is 0 Å². The van der Waals surface area contributed by atoms with Gasteiger partial charge in [-0.3, -0.25) is 0 Å². The Labute approximate surface area is 97.8 Å². The second-order valence-electron chi connectivity index (χ2n) is 5.01. The monoisotopic (exact) mass is 219 g/mol. The van der Waals surface area contributed by atoms with Crippen LogP contribution < -0.4 is 10.5 Å². The second kappa shape index (κ2) is 4.46. The molecule has 0 saturated heterocycles. The van der Waals surface area contributed by atoms with Crippen LogP contribution in [0.15, 0.2) is 24.3 Å². The molecule has 1 aliphatic carbocycles. The van der Waals surface area contributed by atoms with E-state index in [0.29, 0.717) is 5.41 Å². The van der Waals surface area contributed by atoms with Gasteiger partial charge in [0.1, 0.15) is 5.75 Å². The largest absolute Gasteiger partial charge is 0.491 e. The fourth-order valence-corrected chi connectivity index (χ4v) is 2.27. The molecule has 0 spiro atoms.